The van der Waals surface area contributed by atoms with Gasteiger partial charge in [-0.1, -0.05) is 30.3 Å². The van der Waals surface area contributed by atoms with E-state index in [0.717, 1.165) is 18.4 Å². The molecule has 0 bridgehead atoms. The lowest BCUT2D eigenvalue weighted by Crippen LogP contribution is -2.43. The third-order valence-corrected chi connectivity index (χ3v) is 7.44. The molecule has 0 spiro atoms. The van der Waals surface area contributed by atoms with Crippen molar-refractivity contribution < 1.29 is 32.3 Å². The van der Waals surface area contributed by atoms with Crippen LogP contribution in [0.2, 0.25) is 0 Å². The van der Waals surface area contributed by atoms with Crippen LogP contribution in [-0.2, 0) is 30.8 Å². The molecule has 1 amide bonds. The zero-order chi connectivity index (χ0) is 24.7. The highest BCUT2D eigenvalue weighted by molar-refractivity contribution is 7.89. The van der Waals surface area contributed by atoms with E-state index < -0.39 is 34.5 Å². The summed E-state index contributed by atoms with van der Waals surface area (Å²) >= 11 is 0. The molecule has 3 rings (SSSR count). The largest absolute Gasteiger partial charge is 0.495 e. The quantitative estimate of drug-likeness (QED) is 0.508. The fourth-order valence-electron chi connectivity index (χ4n) is 3.67. The molecular formula is C24H28N2O7S. The topological polar surface area (TPSA) is 119 Å². The molecule has 182 valence electrons. The number of nitrogens with one attached hydrogen (secondary N) is 1. The Balaban J connectivity index is 1.66. The van der Waals surface area contributed by atoms with Crippen molar-refractivity contribution >= 4 is 27.7 Å². The molecule has 2 aromatic rings. The second-order valence-corrected chi connectivity index (χ2v) is 9.88. The summed E-state index contributed by atoms with van der Waals surface area (Å²) in [5.41, 5.74) is 0.851. The maximum atomic E-state index is 13.0. The van der Waals surface area contributed by atoms with Crippen LogP contribution in [0.4, 0.5) is 0 Å². The lowest BCUT2D eigenvalue weighted by atomic mass is 10.0. The summed E-state index contributed by atoms with van der Waals surface area (Å²) in [5.74, 6) is -1.61. The smallest absolute Gasteiger partial charge is 0.338 e. The van der Waals surface area contributed by atoms with Crippen molar-refractivity contribution in [2.75, 3.05) is 26.8 Å². The summed E-state index contributed by atoms with van der Waals surface area (Å²) in [5, 5.41) is 2.57. The van der Waals surface area contributed by atoms with Gasteiger partial charge in [0.2, 0.25) is 10.0 Å². The highest BCUT2D eigenvalue weighted by Gasteiger charge is 2.31. The van der Waals surface area contributed by atoms with Crippen molar-refractivity contribution in [1.29, 1.82) is 0 Å². The molecule has 10 heteroatoms. The number of amides is 1. The van der Waals surface area contributed by atoms with Crippen LogP contribution in [0.3, 0.4) is 0 Å². The first-order valence-corrected chi connectivity index (χ1v) is 12.4. The van der Waals surface area contributed by atoms with E-state index >= 15 is 0 Å². The number of hydrogen-bond donors (Lipinski definition) is 1. The first-order chi connectivity index (χ1) is 16.2. The van der Waals surface area contributed by atoms with Crippen LogP contribution in [0.15, 0.2) is 53.4 Å². The molecule has 0 unspecified atom stereocenters. The van der Waals surface area contributed by atoms with Crippen LogP contribution in [-0.4, -0.2) is 63.2 Å². The van der Waals surface area contributed by atoms with Crippen LogP contribution >= 0.6 is 0 Å². The molecule has 9 nitrogen and oxygen atoms in total. The van der Waals surface area contributed by atoms with Crippen molar-refractivity contribution in [3.63, 3.8) is 0 Å². The maximum Gasteiger partial charge on any atom is 0.338 e. The molecular weight excluding hydrogens is 460 g/mol. The van der Waals surface area contributed by atoms with Crippen LogP contribution in [0, 0.1) is 0 Å². The van der Waals surface area contributed by atoms with E-state index in [4.69, 9.17) is 9.47 Å². The molecule has 1 atom stereocenters. The van der Waals surface area contributed by atoms with Gasteiger partial charge in [-0.05, 0) is 49.9 Å². The Morgan fingerprint density at radius 2 is 1.74 bits per heavy atom. The number of sulfonamides is 1. The molecule has 1 fully saturated rings. The molecule has 0 saturated carbocycles. The molecule has 1 N–H and O–H groups in total. The Hall–Kier alpha value is -3.24. The fourth-order valence-corrected chi connectivity index (χ4v) is 5.37. The number of ketones is 1. The third kappa shape index (κ3) is 6.21. The van der Waals surface area contributed by atoms with E-state index in [0.29, 0.717) is 19.5 Å². The van der Waals surface area contributed by atoms with Crippen molar-refractivity contribution in [2.45, 2.75) is 37.1 Å². The number of carbonyl (C=O) groups is 3. The van der Waals surface area contributed by atoms with Gasteiger partial charge < -0.3 is 14.8 Å². The normalized spacial score (nSPS) is 14.9. The van der Waals surface area contributed by atoms with Gasteiger partial charge in [0.05, 0.1) is 18.7 Å². The molecule has 1 saturated heterocycles. The highest BCUT2D eigenvalue weighted by Crippen LogP contribution is 2.30. The molecule has 34 heavy (non-hydrogen) atoms. The van der Waals surface area contributed by atoms with E-state index in [2.05, 4.69) is 5.32 Å². The van der Waals surface area contributed by atoms with E-state index in [9.17, 15) is 22.8 Å². The van der Waals surface area contributed by atoms with Gasteiger partial charge in [0.1, 0.15) is 10.6 Å². The lowest BCUT2D eigenvalue weighted by molar-refractivity contribution is -0.128. The third-order valence-electron chi connectivity index (χ3n) is 5.53. The number of carbonyl (C=O) groups excluding carboxylic acids is 3. The summed E-state index contributed by atoms with van der Waals surface area (Å²) in [6.07, 6.45) is 1.85. The van der Waals surface area contributed by atoms with Gasteiger partial charge in [0.25, 0.3) is 5.91 Å². The second kappa shape index (κ2) is 11.3. The number of benzene rings is 2. The first kappa shape index (κ1) is 25.4. The fraction of sp³-hybridized carbons (Fsp3) is 0.375. The van der Waals surface area contributed by atoms with Crippen LogP contribution < -0.4 is 10.1 Å². The van der Waals surface area contributed by atoms with Gasteiger partial charge in [0, 0.05) is 13.1 Å². The predicted molar refractivity (Wildman–Crippen MR) is 124 cm³/mol. The van der Waals surface area contributed by atoms with Crippen molar-refractivity contribution in [3.05, 3.63) is 59.7 Å². The van der Waals surface area contributed by atoms with Crippen molar-refractivity contribution in [3.8, 4) is 5.75 Å². The number of Topliss-reactive ketones (excluding diaryl/α,β-unsaturated/α-hetero) is 1. The standard InChI is InChI=1S/C24H28N2O7S/c1-17(27)20(14-18-8-4-3-5-9-18)25-23(28)16-33-24(29)19-10-11-21(32-2)22(15-19)34(30,31)26-12-6-7-13-26/h3-5,8-11,15,20H,6-7,12-14,16H2,1-2H3,(H,25,28)/t20-/m1/s1. The average Bonchev–Trinajstić information content (AvgIpc) is 3.38. The minimum atomic E-state index is -3.84. The minimum absolute atomic E-state index is 0.0289. The Bertz CT molecular complexity index is 1140. The number of hydrogen-bond acceptors (Lipinski definition) is 7. The van der Waals surface area contributed by atoms with Crippen LogP contribution in [0.1, 0.15) is 35.7 Å². The Labute approximate surface area is 199 Å². The molecule has 2 aromatic carbocycles. The van der Waals surface area contributed by atoms with E-state index in [1.807, 2.05) is 30.3 Å². The first-order valence-electron chi connectivity index (χ1n) is 10.9. The average molecular weight is 489 g/mol. The summed E-state index contributed by atoms with van der Waals surface area (Å²) in [6.45, 7) is 1.57. The van der Waals surface area contributed by atoms with Gasteiger partial charge in [-0.2, -0.15) is 4.31 Å². The Kier molecular flexibility index (Phi) is 8.41. The number of ether oxygens (including phenoxy) is 2. The lowest BCUT2D eigenvalue weighted by Gasteiger charge is -2.18. The molecule has 1 heterocycles. The predicted octanol–water partition coefficient (Wildman–Crippen LogP) is 1.95. The van der Waals surface area contributed by atoms with E-state index in [1.165, 1.54) is 36.5 Å². The summed E-state index contributed by atoms with van der Waals surface area (Å²) in [4.78, 5) is 36.7. The molecule has 0 radical (unpaired) electrons. The zero-order valence-corrected chi connectivity index (χ0v) is 20.0. The van der Waals surface area contributed by atoms with E-state index in [-0.39, 0.29) is 22.0 Å². The van der Waals surface area contributed by atoms with Gasteiger partial charge >= 0.3 is 5.97 Å². The SMILES string of the molecule is COc1ccc(C(=O)OCC(=O)N[C@H](Cc2ccccc2)C(C)=O)cc1S(=O)(=O)N1CCCC1. The van der Waals surface area contributed by atoms with Crippen molar-refractivity contribution in [1.82, 2.24) is 9.62 Å². The number of rotatable bonds is 10. The Morgan fingerprint density at radius 3 is 2.35 bits per heavy atom. The Morgan fingerprint density at radius 1 is 1.06 bits per heavy atom. The maximum absolute atomic E-state index is 13.0. The monoisotopic (exact) mass is 488 g/mol. The molecule has 0 aliphatic carbocycles. The second-order valence-electron chi connectivity index (χ2n) is 7.97. The number of esters is 1. The summed E-state index contributed by atoms with van der Waals surface area (Å²) < 4.78 is 37.6. The molecule has 1 aliphatic rings. The minimum Gasteiger partial charge on any atom is -0.495 e. The van der Waals surface area contributed by atoms with Gasteiger partial charge in [-0.15, -0.1) is 0 Å². The van der Waals surface area contributed by atoms with Crippen LogP contribution in [0.5, 0.6) is 5.75 Å². The zero-order valence-electron chi connectivity index (χ0n) is 19.2. The number of nitrogens with zero attached hydrogens (tertiary/aromatic N) is 1. The van der Waals surface area contributed by atoms with Crippen LogP contribution in [0.25, 0.3) is 0 Å². The number of methoxy groups -OCH3 is 1. The highest BCUT2D eigenvalue weighted by atomic mass is 32.2. The van der Waals surface area contributed by atoms with Gasteiger partial charge in [-0.3, -0.25) is 9.59 Å². The summed E-state index contributed by atoms with van der Waals surface area (Å²) in [6, 6.07) is 12.4. The van der Waals surface area contributed by atoms with Crippen molar-refractivity contribution in [2.24, 2.45) is 0 Å². The molecule has 0 aromatic heterocycles. The van der Waals surface area contributed by atoms with Gasteiger partial charge in [0.15, 0.2) is 12.4 Å². The summed E-state index contributed by atoms with van der Waals surface area (Å²) in [7, 11) is -2.49. The van der Waals surface area contributed by atoms with E-state index in [1.54, 1.807) is 0 Å². The molecule has 1 aliphatic heterocycles. The van der Waals surface area contributed by atoms with Gasteiger partial charge in [-0.25, -0.2) is 13.2 Å².